The van der Waals surface area contributed by atoms with Crippen LogP contribution in [0.1, 0.15) is 28.5 Å². The molecule has 7 nitrogen and oxygen atoms in total. The molecule has 0 spiro atoms. The van der Waals surface area contributed by atoms with Crippen LogP contribution in [-0.4, -0.2) is 49.1 Å². The van der Waals surface area contributed by atoms with Gasteiger partial charge in [-0.15, -0.1) is 0 Å². The molecule has 0 fully saturated rings. The summed E-state index contributed by atoms with van der Waals surface area (Å²) >= 11 is 0. The van der Waals surface area contributed by atoms with Crippen LogP contribution in [0.3, 0.4) is 0 Å². The number of amides is 1. The van der Waals surface area contributed by atoms with E-state index in [1.54, 1.807) is 56.5 Å². The molecule has 3 aromatic rings. The summed E-state index contributed by atoms with van der Waals surface area (Å²) in [6.07, 6.45) is 2.16. The molecule has 0 atom stereocenters. The summed E-state index contributed by atoms with van der Waals surface area (Å²) in [6.45, 7) is 2.42. The van der Waals surface area contributed by atoms with E-state index in [2.05, 4.69) is 4.98 Å². The zero-order chi connectivity index (χ0) is 22.0. The molecule has 31 heavy (non-hydrogen) atoms. The number of esters is 1. The van der Waals surface area contributed by atoms with Crippen molar-refractivity contribution in [1.82, 2.24) is 9.88 Å². The van der Waals surface area contributed by atoms with Crippen LogP contribution in [-0.2, 0) is 16.0 Å². The highest BCUT2D eigenvalue weighted by atomic mass is 16.5. The standard InChI is InChI=1S/C24H24N2O5/c1-4-31-24(28)20-14-26(23(27)15-5-7-16(29-2)8-6-15)12-11-18-19-13-17(30-3)9-10-21(19)25-22(18)20/h5-10,13-14,25H,4,11-12H2,1-3H3. The van der Waals surface area contributed by atoms with Crippen molar-refractivity contribution in [3.63, 3.8) is 0 Å². The minimum absolute atomic E-state index is 0.198. The number of nitrogens with one attached hydrogen (secondary N) is 1. The second-order valence-electron chi connectivity index (χ2n) is 7.13. The van der Waals surface area contributed by atoms with Crippen LogP contribution in [0, 0.1) is 0 Å². The molecule has 1 N–H and O–H groups in total. The zero-order valence-corrected chi connectivity index (χ0v) is 17.7. The highest BCUT2D eigenvalue weighted by molar-refractivity contribution is 6.18. The van der Waals surface area contributed by atoms with Crippen molar-refractivity contribution >= 4 is 28.4 Å². The first kappa shape index (κ1) is 20.5. The molecule has 0 radical (unpaired) electrons. The van der Waals surface area contributed by atoms with Gasteiger partial charge in [-0.1, -0.05) is 0 Å². The predicted molar refractivity (Wildman–Crippen MR) is 117 cm³/mol. The van der Waals surface area contributed by atoms with Crippen molar-refractivity contribution < 1.29 is 23.8 Å². The lowest BCUT2D eigenvalue weighted by molar-refractivity contribution is -0.136. The number of rotatable bonds is 5. The fourth-order valence-corrected chi connectivity index (χ4v) is 3.78. The number of hydrogen-bond donors (Lipinski definition) is 1. The fourth-order valence-electron chi connectivity index (χ4n) is 3.78. The number of nitrogens with zero attached hydrogens (tertiary/aromatic N) is 1. The van der Waals surface area contributed by atoms with Crippen molar-refractivity contribution in [2.75, 3.05) is 27.4 Å². The van der Waals surface area contributed by atoms with Gasteiger partial charge in [-0.25, -0.2) is 4.79 Å². The monoisotopic (exact) mass is 420 g/mol. The highest BCUT2D eigenvalue weighted by Crippen LogP contribution is 2.33. The average Bonchev–Trinajstić information content (AvgIpc) is 3.04. The third-order valence-corrected chi connectivity index (χ3v) is 5.36. The molecule has 2 aromatic carbocycles. The van der Waals surface area contributed by atoms with Crippen LogP contribution in [0.5, 0.6) is 11.5 Å². The first-order chi connectivity index (χ1) is 15.0. The number of aromatic amines is 1. The van der Waals surface area contributed by atoms with Crippen molar-refractivity contribution in [2.45, 2.75) is 13.3 Å². The van der Waals surface area contributed by atoms with E-state index in [1.165, 1.54) is 0 Å². The molecule has 0 saturated heterocycles. The van der Waals surface area contributed by atoms with Crippen LogP contribution in [0.2, 0.25) is 0 Å². The van der Waals surface area contributed by atoms with Gasteiger partial charge < -0.3 is 24.1 Å². The Balaban J connectivity index is 1.77. The van der Waals surface area contributed by atoms with Gasteiger partial charge in [-0.05, 0) is 61.4 Å². The molecule has 160 valence electrons. The Labute approximate surface area is 180 Å². The van der Waals surface area contributed by atoms with Crippen LogP contribution in [0.15, 0.2) is 48.7 Å². The van der Waals surface area contributed by atoms with Gasteiger partial charge in [0.05, 0.1) is 32.1 Å². The van der Waals surface area contributed by atoms with E-state index in [0.29, 0.717) is 35.5 Å². The van der Waals surface area contributed by atoms with Gasteiger partial charge in [-0.2, -0.15) is 0 Å². The van der Waals surface area contributed by atoms with Crippen LogP contribution >= 0.6 is 0 Å². The predicted octanol–water partition coefficient (Wildman–Crippen LogP) is 3.79. The number of benzene rings is 2. The van der Waals surface area contributed by atoms with E-state index >= 15 is 0 Å². The molecule has 0 saturated carbocycles. The summed E-state index contributed by atoms with van der Waals surface area (Å²) in [4.78, 5) is 30.9. The maximum atomic E-state index is 13.2. The van der Waals surface area contributed by atoms with Gasteiger partial charge in [0.1, 0.15) is 11.5 Å². The Kier molecular flexibility index (Phi) is 5.66. The Morgan fingerprint density at radius 2 is 1.74 bits per heavy atom. The topological polar surface area (TPSA) is 80.9 Å². The van der Waals surface area contributed by atoms with Gasteiger partial charge in [0.15, 0.2) is 0 Å². The first-order valence-corrected chi connectivity index (χ1v) is 10.1. The lowest BCUT2D eigenvalue weighted by Gasteiger charge is -2.18. The van der Waals surface area contributed by atoms with Crippen molar-refractivity contribution in [2.24, 2.45) is 0 Å². The summed E-state index contributed by atoms with van der Waals surface area (Å²) in [7, 11) is 3.19. The number of aromatic nitrogens is 1. The van der Waals surface area contributed by atoms with Crippen LogP contribution in [0.4, 0.5) is 0 Å². The number of hydrogen-bond acceptors (Lipinski definition) is 5. The summed E-state index contributed by atoms with van der Waals surface area (Å²) in [5.74, 6) is 0.727. The molecule has 0 bridgehead atoms. The van der Waals surface area contributed by atoms with Crippen molar-refractivity contribution in [3.05, 3.63) is 65.5 Å². The highest BCUT2D eigenvalue weighted by Gasteiger charge is 2.28. The summed E-state index contributed by atoms with van der Waals surface area (Å²) in [6, 6.07) is 12.6. The fraction of sp³-hybridized carbons (Fsp3) is 0.250. The molecule has 0 unspecified atom stereocenters. The number of fused-ring (bicyclic) bond motifs is 3. The summed E-state index contributed by atoms with van der Waals surface area (Å²) in [5, 5.41) is 0.961. The molecule has 2 heterocycles. The Morgan fingerprint density at radius 1 is 1.03 bits per heavy atom. The maximum Gasteiger partial charge on any atom is 0.341 e. The van der Waals surface area contributed by atoms with E-state index in [-0.39, 0.29) is 12.5 Å². The van der Waals surface area contributed by atoms with Crippen LogP contribution in [0.25, 0.3) is 16.5 Å². The van der Waals surface area contributed by atoms with Crippen molar-refractivity contribution in [3.8, 4) is 11.5 Å². The van der Waals surface area contributed by atoms with Crippen molar-refractivity contribution in [1.29, 1.82) is 0 Å². The zero-order valence-electron chi connectivity index (χ0n) is 17.7. The van der Waals surface area contributed by atoms with E-state index in [0.717, 1.165) is 22.2 Å². The molecule has 1 aromatic heterocycles. The molecule has 4 rings (SSSR count). The number of H-pyrrole nitrogens is 1. The smallest absolute Gasteiger partial charge is 0.341 e. The first-order valence-electron chi connectivity index (χ1n) is 10.1. The third-order valence-electron chi connectivity index (χ3n) is 5.36. The second kappa shape index (κ2) is 8.55. The van der Waals surface area contributed by atoms with Gasteiger partial charge in [0, 0.05) is 29.2 Å². The Bertz CT molecular complexity index is 1160. The maximum absolute atomic E-state index is 13.2. The van der Waals surface area contributed by atoms with E-state index in [4.69, 9.17) is 14.2 Å². The minimum Gasteiger partial charge on any atom is -0.497 e. The number of ether oxygens (including phenoxy) is 3. The number of carbonyl (C=O) groups is 2. The Morgan fingerprint density at radius 3 is 2.42 bits per heavy atom. The van der Waals surface area contributed by atoms with Gasteiger partial charge >= 0.3 is 5.97 Å². The minimum atomic E-state index is -0.475. The molecule has 1 amide bonds. The lowest BCUT2D eigenvalue weighted by atomic mass is 10.0. The molecule has 7 heteroatoms. The molecular formula is C24H24N2O5. The molecule has 1 aliphatic rings. The van der Waals surface area contributed by atoms with Gasteiger partial charge in [-0.3, -0.25) is 4.79 Å². The molecule has 1 aliphatic heterocycles. The van der Waals surface area contributed by atoms with Gasteiger partial charge in [0.25, 0.3) is 5.91 Å². The van der Waals surface area contributed by atoms with E-state index < -0.39 is 5.97 Å². The number of methoxy groups -OCH3 is 2. The number of carbonyl (C=O) groups excluding carboxylic acids is 2. The molecular weight excluding hydrogens is 396 g/mol. The SMILES string of the molecule is CCOC(=O)C1=CN(C(=O)c2ccc(OC)cc2)CCc2c1[nH]c1ccc(OC)cc21. The summed E-state index contributed by atoms with van der Waals surface area (Å²) in [5.41, 5.74) is 3.37. The Hall–Kier alpha value is -3.74. The quantitative estimate of drug-likeness (QED) is 0.635. The third kappa shape index (κ3) is 3.86. The molecule has 0 aliphatic carbocycles. The normalized spacial score (nSPS) is 13.3. The van der Waals surface area contributed by atoms with E-state index in [1.807, 2.05) is 18.2 Å². The second-order valence-corrected chi connectivity index (χ2v) is 7.13. The lowest BCUT2D eigenvalue weighted by Crippen LogP contribution is -2.28. The van der Waals surface area contributed by atoms with Gasteiger partial charge in [0.2, 0.25) is 0 Å². The largest absolute Gasteiger partial charge is 0.497 e. The average molecular weight is 420 g/mol. The van der Waals surface area contributed by atoms with Crippen LogP contribution < -0.4 is 9.47 Å². The van der Waals surface area contributed by atoms with E-state index in [9.17, 15) is 9.59 Å². The summed E-state index contributed by atoms with van der Waals surface area (Å²) < 4.78 is 15.8.